The Labute approximate surface area is 247 Å². The minimum absolute atomic E-state index is 0.311. The Balaban J connectivity index is 0.000000868. The lowest BCUT2D eigenvalue weighted by molar-refractivity contribution is 0.885. The van der Waals surface area contributed by atoms with E-state index >= 15 is 0 Å². The third kappa shape index (κ3) is 5.82. The van der Waals surface area contributed by atoms with Gasteiger partial charge in [0.2, 0.25) is 0 Å². The van der Waals surface area contributed by atoms with Crippen molar-refractivity contribution in [1.82, 2.24) is 0 Å². The van der Waals surface area contributed by atoms with Gasteiger partial charge in [-0.1, -0.05) is 139 Å². The molecule has 1 heteroatoms. The van der Waals surface area contributed by atoms with Gasteiger partial charge in [0, 0.05) is 0 Å². The van der Waals surface area contributed by atoms with Gasteiger partial charge in [0.15, 0.2) is 0 Å². The molecule has 0 atom stereocenters. The van der Waals surface area contributed by atoms with E-state index in [9.17, 15) is 0 Å². The molecule has 0 aliphatic rings. The van der Waals surface area contributed by atoms with Crippen LogP contribution in [0.25, 0.3) is 67.7 Å². The molecule has 0 amide bonds. The summed E-state index contributed by atoms with van der Waals surface area (Å²) in [5.41, 5.74) is 12.9. The maximum absolute atomic E-state index is 4.50. The van der Waals surface area contributed by atoms with Crippen LogP contribution in [-0.4, -0.2) is 7.05 Å². The molecular formula is C40H45N. The molecule has 5 aromatic carbocycles. The molecule has 5 rings (SSSR count). The van der Waals surface area contributed by atoms with E-state index in [1.165, 1.54) is 73.6 Å². The number of nitrogens with two attached hydrogens (primary N) is 1. The van der Waals surface area contributed by atoms with E-state index in [0.29, 0.717) is 5.92 Å². The summed E-state index contributed by atoms with van der Waals surface area (Å²) in [6.07, 6.45) is 11.5. The second-order valence-corrected chi connectivity index (χ2v) is 10.3. The van der Waals surface area contributed by atoms with Crippen molar-refractivity contribution in [2.24, 2.45) is 5.73 Å². The molecule has 0 aliphatic carbocycles. The van der Waals surface area contributed by atoms with Crippen molar-refractivity contribution in [3.63, 3.8) is 0 Å². The lowest BCUT2D eigenvalue weighted by Crippen LogP contribution is -2.01. The average molecular weight is 540 g/mol. The van der Waals surface area contributed by atoms with E-state index < -0.39 is 0 Å². The fraction of sp³-hybridized carbons (Fsp3) is 0.200. The Hall–Kier alpha value is -4.20. The fourth-order valence-electron chi connectivity index (χ4n) is 5.77. The average Bonchev–Trinajstić information content (AvgIpc) is 3.01. The highest BCUT2D eigenvalue weighted by Crippen LogP contribution is 2.48. The van der Waals surface area contributed by atoms with Crippen molar-refractivity contribution in [2.75, 3.05) is 7.05 Å². The molecule has 1 nitrogen and oxygen atoms in total. The number of benzene rings is 5. The van der Waals surface area contributed by atoms with Gasteiger partial charge in [0.05, 0.1) is 0 Å². The van der Waals surface area contributed by atoms with Gasteiger partial charge < -0.3 is 5.73 Å². The Morgan fingerprint density at radius 3 is 1.73 bits per heavy atom. The lowest BCUT2D eigenvalue weighted by Gasteiger charge is -2.25. The van der Waals surface area contributed by atoms with Crippen LogP contribution in [0.15, 0.2) is 92.5 Å². The number of hydrogen-bond donors (Lipinski definition) is 1. The standard InChI is InChI=1S/C36H32.C3H8.CH5N/c1-7-16-28-27(10-4)35-33(23(5)6)31-21-24(8-2)25(9-3)22-32(31)34(26-17-12-11-13-18-26)36(35)30-20-15-14-19-29(28)30;1-3-2;1-2/h7-23H,2-4H2,1,5-6H3;3H2,1-2H3;2H2,1H3/b16-7-;;. The molecule has 0 unspecified atom stereocenters. The Morgan fingerprint density at radius 2 is 1.22 bits per heavy atom. The van der Waals surface area contributed by atoms with Gasteiger partial charge in [-0.25, -0.2) is 0 Å². The molecule has 0 aromatic heterocycles. The highest BCUT2D eigenvalue weighted by molar-refractivity contribution is 6.27. The van der Waals surface area contributed by atoms with E-state index in [-0.39, 0.29) is 0 Å². The maximum atomic E-state index is 4.50. The van der Waals surface area contributed by atoms with Gasteiger partial charge in [0.1, 0.15) is 0 Å². The van der Waals surface area contributed by atoms with E-state index in [1.807, 2.05) is 18.2 Å². The predicted octanol–water partition coefficient (Wildman–Crippen LogP) is 11.9. The molecule has 2 N–H and O–H groups in total. The van der Waals surface area contributed by atoms with Gasteiger partial charge in [0.25, 0.3) is 0 Å². The zero-order valence-electron chi connectivity index (χ0n) is 25.7. The predicted molar refractivity (Wildman–Crippen MR) is 190 cm³/mol. The smallest absolute Gasteiger partial charge is 0.00110 e. The minimum Gasteiger partial charge on any atom is -0.333 e. The van der Waals surface area contributed by atoms with E-state index in [1.54, 1.807) is 0 Å². The van der Waals surface area contributed by atoms with E-state index in [2.05, 4.69) is 139 Å². The van der Waals surface area contributed by atoms with Crippen LogP contribution in [0, 0.1) is 0 Å². The second-order valence-electron chi connectivity index (χ2n) is 10.3. The van der Waals surface area contributed by atoms with Crippen LogP contribution in [-0.2, 0) is 0 Å². The largest absolute Gasteiger partial charge is 0.333 e. The van der Waals surface area contributed by atoms with Crippen molar-refractivity contribution in [3.05, 3.63) is 120 Å². The first kappa shape index (κ1) is 31.3. The Bertz CT molecular complexity index is 1720. The number of hydrogen-bond acceptors (Lipinski definition) is 1. The molecule has 0 fully saturated rings. The molecule has 5 aromatic rings. The highest BCUT2D eigenvalue weighted by Gasteiger charge is 2.23. The van der Waals surface area contributed by atoms with Crippen LogP contribution in [0.2, 0.25) is 0 Å². The van der Waals surface area contributed by atoms with Gasteiger partial charge >= 0.3 is 0 Å². The fourth-order valence-corrected chi connectivity index (χ4v) is 5.77. The zero-order chi connectivity index (χ0) is 30.1. The molecule has 0 heterocycles. The minimum atomic E-state index is 0.311. The second kappa shape index (κ2) is 14.4. The molecular weight excluding hydrogens is 494 g/mol. The summed E-state index contributed by atoms with van der Waals surface area (Å²) in [7, 11) is 1.50. The Morgan fingerprint density at radius 1 is 0.683 bits per heavy atom. The molecule has 0 saturated heterocycles. The van der Waals surface area contributed by atoms with Crippen LogP contribution >= 0.6 is 0 Å². The van der Waals surface area contributed by atoms with E-state index in [0.717, 1.165) is 11.1 Å². The molecule has 0 radical (unpaired) electrons. The van der Waals surface area contributed by atoms with Crippen LogP contribution in [0.5, 0.6) is 0 Å². The zero-order valence-corrected chi connectivity index (χ0v) is 25.7. The monoisotopic (exact) mass is 539 g/mol. The summed E-state index contributed by atoms with van der Waals surface area (Å²) in [4.78, 5) is 0. The third-order valence-electron chi connectivity index (χ3n) is 7.22. The summed E-state index contributed by atoms with van der Waals surface area (Å²) in [6, 6.07) is 24.2. The SMILES string of the molecule is C=Cc1cc2c(C(C)C)c3c(C=C)c(/C=C\C)c4ccccc4c3c(-c3ccccc3)c2cc1C=C.CCC.CN. The molecule has 0 bridgehead atoms. The van der Waals surface area contributed by atoms with Gasteiger partial charge in [-0.3, -0.25) is 0 Å². The van der Waals surface area contributed by atoms with Crippen LogP contribution in [0.1, 0.15) is 74.8 Å². The maximum Gasteiger partial charge on any atom is -0.00110 e. The van der Waals surface area contributed by atoms with Gasteiger partial charge in [-0.15, -0.1) is 0 Å². The van der Waals surface area contributed by atoms with Crippen LogP contribution < -0.4 is 5.73 Å². The van der Waals surface area contributed by atoms with Crippen molar-refractivity contribution >= 4 is 56.6 Å². The lowest BCUT2D eigenvalue weighted by atomic mass is 9.78. The highest BCUT2D eigenvalue weighted by atomic mass is 14.4. The van der Waals surface area contributed by atoms with Crippen LogP contribution in [0.3, 0.4) is 0 Å². The summed E-state index contributed by atoms with van der Waals surface area (Å²) in [5.74, 6) is 0.311. The third-order valence-corrected chi connectivity index (χ3v) is 7.22. The molecule has 0 spiro atoms. The van der Waals surface area contributed by atoms with Gasteiger partial charge in [-0.2, -0.15) is 0 Å². The summed E-state index contributed by atoms with van der Waals surface area (Å²) >= 11 is 0. The number of fused-ring (bicyclic) bond motifs is 4. The normalized spacial score (nSPS) is 10.8. The number of rotatable bonds is 6. The summed E-state index contributed by atoms with van der Waals surface area (Å²) in [6.45, 7) is 23.4. The van der Waals surface area contributed by atoms with E-state index in [4.69, 9.17) is 0 Å². The molecule has 0 saturated carbocycles. The first-order valence-corrected chi connectivity index (χ1v) is 14.6. The summed E-state index contributed by atoms with van der Waals surface area (Å²) in [5, 5.41) is 7.60. The summed E-state index contributed by atoms with van der Waals surface area (Å²) < 4.78 is 0. The van der Waals surface area contributed by atoms with Crippen LogP contribution in [0.4, 0.5) is 0 Å². The van der Waals surface area contributed by atoms with Crippen molar-refractivity contribution < 1.29 is 0 Å². The van der Waals surface area contributed by atoms with Crippen molar-refractivity contribution in [3.8, 4) is 11.1 Å². The molecule has 41 heavy (non-hydrogen) atoms. The van der Waals surface area contributed by atoms with Crippen molar-refractivity contribution in [1.29, 1.82) is 0 Å². The molecule has 210 valence electrons. The van der Waals surface area contributed by atoms with Gasteiger partial charge in [-0.05, 0) is 103 Å². The molecule has 0 aliphatic heterocycles. The first-order valence-electron chi connectivity index (χ1n) is 14.6. The van der Waals surface area contributed by atoms with Crippen molar-refractivity contribution in [2.45, 2.75) is 47.0 Å². The first-order chi connectivity index (χ1) is 20.0. The Kier molecular flexibility index (Phi) is 11.0. The number of allylic oxidation sites excluding steroid dienone is 1. The quantitative estimate of drug-likeness (QED) is 0.168. The topological polar surface area (TPSA) is 26.0 Å².